The zero-order valence-electron chi connectivity index (χ0n) is 11.0. The number of hydrogen-bond donors (Lipinski definition) is 1. The van der Waals surface area contributed by atoms with Crippen LogP contribution in [0.4, 0.5) is 8.78 Å². The van der Waals surface area contributed by atoms with Crippen LogP contribution < -0.4 is 0 Å². The normalized spacial score (nSPS) is 15.6. The van der Waals surface area contributed by atoms with E-state index >= 15 is 0 Å². The summed E-state index contributed by atoms with van der Waals surface area (Å²) in [6.45, 7) is 5.32. The summed E-state index contributed by atoms with van der Waals surface area (Å²) in [5, 5.41) is 14.8. The van der Waals surface area contributed by atoms with Crippen molar-refractivity contribution in [2.75, 3.05) is 0 Å². The van der Waals surface area contributed by atoms with Gasteiger partial charge in [0.1, 0.15) is 29.9 Å². The topological polar surface area (TPSA) is 50.9 Å². The van der Waals surface area contributed by atoms with Crippen LogP contribution in [-0.2, 0) is 12.1 Å². The Morgan fingerprint density at radius 2 is 2.25 bits per heavy atom. The molecule has 106 valence electrons. The van der Waals surface area contributed by atoms with Gasteiger partial charge in [0, 0.05) is 17.5 Å². The van der Waals surface area contributed by atoms with Gasteiger partial charge in [-0.25, -0.2) is 18.4 Å². The standard InChI is InChI=1S/C14H15F2N3O/c1-3-10(2)14(20,7-19-9-17-8-18-19)12-5-4-11(15)6-13(12)16/h3-6,8-10,20H,1,7H2,2H3/t10-,14?/m0/s1. The Morgan fingerprint density at radius 1 is 1.50 bits per heavy atom. The fourth-order valence-corrected chi connectivity index (χ4v) is 2.07. The van der Waals surface area contributed by atoms with Crippen LogP contribution in [0.15, 0.2) is 43.5 Å². The highest BCUT2D eigenvalue weighted by atomic mass is 19.1. The van der Waals surface area contributed by atoms with Gasteiger partial charge in [0.15, 0.2) is 0 Å². The molecule has 0 saturated carbocycles. The van der Waals surface area contributed by atoms with Gasteiger partial charge in [-0.2, -0.15) is 5.10 Å². The second-order valence-electron chi connectivity index (χ2n) is 4.67. The second kappa shape index (κ2) is 5.50. The van der Waals surface area contributed by atoms with Gasteiger partial charge in [-0.1, -0.05) is 19.1 Å². The number of aliphatic hydroxyl groups is 1. The number of nitrogens with zero attached hydrogens (tertiary/aromatic N) is 3. The summed E-state index contributed by atoms with van der Waals surface area (Å²) in [5.41, 5.74) is -1.59. The van der Waals surface area contributed by atoms with Crippen LogP contribution >= 0.6 is 0 Å². The minimum atomic E-state index is -1.59. The summed E-state index contributed by atoms with van der Waals surface area (Å²) in [6, 6.07) is 3.10. The highest BCUT2D eigenvalue weighted by molar-refractivity contribution is 5.27. The summed E-state index contributed by atoms with van der Waals surface area (Å²) in [5.74, 6) is -1.96. The first-order valence-electron chi connectivity index (χ1n) is 6.10. The lowest BCUT2D eigenvalue weighted by molar-refractivity contribution is -0.0222. The highest BCUT2D eigenvalue weighted by Gasteiger charge is 2.37. The third-order valence-corrected chi connectivity index (χ3v) is 3.37. The summed E-state index contributed by atoms with van der Waals surface area (Å²) in [6.07, 6.45) is 4.25. The first-order valence-corrected chi connectivity index (χ1v) is 6.10. The molecule has 2 aromatic rings. The van der Waals surface area contributed by atoms with Gasteiger partial charge < -0.3 is 5.11 Å². The van der Waals surface area contributed by atoms with Crippen LogP contribution in [-0.4, -0.2) is 19.9 Å². The summed E-state index contributed by atoms with van der Waals surface area (Å²) < 4.78 is 28.4. The Kier molecular flexibility index (Phi) is 3.94. The molecule has 0 amide bonds. The molecule has 0 aliphatic carbocycles. The van der Waals surface area contributed by atoms with E-state index < -0.39 is 23.2 Å². The van der Waals surface area contributed by atoms with Crippen LogP contribution in [0.5, 0.6) is 0 Å². The van der Waals surface area contributed by atoms with E-state index in [1.54, 1.807) is 6.92 Å². The van der Waals surface area contributed by atoms with Crippen molar-refractivity contribution >= 4 is 0 Å². The fraction of sp³-hybridized carbons (Fsp3) is 0.286. The van der Waals surface area contributed by atoms with E-state index in [1.807, 2.05) is 0 Å². The molecule has 0 aliphatic heterocycles. The van der Waals surface area contributed by atoms with E-state index in [2.05, 4.69) is 16.7 Å². The van der Waals surface area contributed by atoms with E-state index in [1.165, 1.54) is 29.5 Å². The molecular weight excluding hydrogens is 264 g/mol. The molecule has 1 N–H and O–H groups in total. The van der Waals surface area contributed by atoms with Gasteiger partial charge in [0.05, 0.1) is 6.54 Å². The van der Waals surface area contributed by atoms with Crippen LogP contribution in [0.25, 0.3) is 0 Å². The van der Waals surface area contributed by atoms with Gasteiger partial charge >= 0.3 is 0 Å². The first kappa shape index (κ1) is 14.3. The minimum absolute atomic E-state index is 0.00167. The quantitative estimate of drug-likeness (QED) is 0.854. The zero-order chi connectivity index (χ0) is 14.8. The van der Waals surface area contributed by atoms with Crippen molar-refractivity contribution in [3.8, 4) is 0 Å². The Morgan fingerprint density at radius 3 is 2.80 bits per heavy atom. The largest absolute Gasteiger partial charge is 0.382 e. The maximum absolute atomic E-state index is 14.0. The fourth-order valence-electron chi connectivity index (χ4n) is 2.07. The lowest BCUT2D eigenvalue weighted by atomic mass is 9.82. The second-order valence-corrected chi connectivity index (χ2v) is 4.67. The average molecular weight is 279 g/mol. The number of hydrogen-bond acceptors (Lipinski definition) is 3. The van der Waals surface area contributed by atoms with Crippen molar-refractivity contribution in [3.05, 3.63) is 60.7 Å². The van der Waals surface area contributed by atoms with Crippen molar-refractivity contribution in [1.29, 1.82) is 0 Å². The lowest BCUT2D eigenvalue weighted by Crippen LogP contribution is -2.38. The third-order valence-electron chi connectivity index (χ3n) is 3.37. The molecule has 0 bridgehead atoms. The maximum Gasteiger partial charge on any atom is 0.137 e. The van der Waals surface area contributed by atoms with Crippen molar-refractivity contribution in [2.45, 2.75) is 19.1 Å². The molecule has 0 spiro atoms. The molecular formula is C14H15F2N3O. The average Bonchev–Trinajstić information content (AvgIpc) is 2.90. The molecule has 1 heterocycles. The SMILES string of the molecule is C=C[C@H](C)C(O)(Cn1cncn1)c1ccc(F)cc1F. The van der Waals surface area contributed by atoms with Crippen LogP contribution in [0.2, 0.25) is 0 Å². The van der Waals surface area contributed by atoms with Gasteiger partial charge in [0.2, 0.25) is 0 Å². The first-order chi connectivity index (χ1) is 9.47. The molecule has 6 heteroatoms. The smallest absolute Gasteiger partial charge is 0.137 e. The van der Waals surface area contributed by atoms with E-state index in [0.717, 1.165) is 12.1 Å². The monoisotopic (exact) mass is 279 g/mol. The van der Waals surface area contributed by atoms with Gasteiger partial charge in [0.25, 0.3) is 0 Å². The molecule has 20 heavy (non-hydrogen) atoms. The molecule has 1 aromatic heterocycles. The number of benzene rings is 1. The van der Waals surface area contributed by atoms with Crippen LogP contribution in [0.1, 0.15) is 12.5 Å². The molecule has 1 aromatic carbocycles. The number of aromatic nitrogens is 3. The van der Waals surface area contributed by atoms with E-state index in [4.69, 9.17) is 0 Å². The highest BCUT2D eigenvalue weighted by Crippen LogP contribution is 2.34. The molecule has 2 atom stereocenters. The van der Waals surface area contributed by atoms with Crippen molar-refractivity contribution in [3.63, 3.8) is 0 Å². The summed E-state index contributed by atoms with van der Waals surface area (Å²) >= 11 is 0. The molecule has 4 nitrogen and oxygen atoms in total. The van der Waals surface area contributed by atoms with Gasteiger partial charge in [-0.15, -0.1) is 6.58 Å². The third kappa shape index (κ3) is 2.60. The van der Waals surface area contributed by atoms with Crippen LogP contribution in [0, 0.1) is 17.6 Å². The molecule has 0 radical (unpaired) electrons. The molecule has 0 aliphatic rings. The number of rotatable bonds is 5. The predicted molar refractivity (Wildman–Crippen MR) is 69.6 cm³/mol. The zero-order valence-corrected chi connectivity index (χ0v) is 11.0. The molecule has 1 unspecified atom stereocenters. The number of halogens is 2. The van der Waals surface area contributed by atoms with E-state index in [9.17, 15) is 13.9 Å². The van der Waals surface area contributed by atoms with Gasteiger partial charge in [-0.3, -0.25) is 0 Å². The van der Waals surface area contributed by atoms with Crippen LogP contribution in [0.3, 0.4) is 0 Å². The van der Waals surface area contributed by atoms with E-state index in [0.29, 0.717) is 0 Å². The van der Waals surface area contributed by atoms with Gasteiger partial charge in [-0.05, 0) is 6.07 Å². The predicted octanol–water partition coefficient (Wildman–Crippen LogP) is 2.27. The molecule has 0 saturated heterocycles. The van der Waals surface area contributed by atoms with Crippen molar-refractivity contribution < 1.29 is 13.9 Å². The Hall–Kier alpha value is -2.08. The maximum atomic E-state index is 14.0. The Labute approximate surface area is 115 Å². The van der Waals surface area contributed by atoms with Crippen molar-refractivity contribution in [2.24, 2.45) is 5.92 Å². The lowest BCUT2D eigenvalue weighted by Gasteiger charge is -2.33. The Bertz CT molecular complexity index is 600. The van der Waals surface area contributed by atoms with E-state index in [-0.39, 0.29) is 12.1 Å². The molecule has 2 rings (SSSR count). The Balaban J connectivity index is 2.48. The summed E-state index contributed by atoms with van der Waals surface area (Å²) in [4.78, 5) is 3.78. The van der Waals surface area contributed by atoms with Crippen molar-refractivity contribution in [1.82, 2.24) is 14.8 Å². The summed E-state index contributed by atoms with van der Waals surface area (Å²) in [7, 11) is 0. The molecule has 0 fully saturated rings. The minimum Gasteiger partial charge on any atom is -0.382 e.